The number of aromatic nitrogens is 1. The van der Waals surface area contributed by atoms with Gasteiger partial charge in [-0.3, -0.25) is 4.79 Å². The van der Waals surface area contributed by atoms with Gasteiger partial charge in [0.05, 0.1) is 6.61 Å². The lowest BCUT2D eigenvalue weighted by Crippen LogP contribution is -2.48. The van der Waals surface area contributed by atoms with E-state index in [0.717, 1.165) is 31.7 Å². The number of nitrogens with zero attached hydrogens (tertiary/aromatic N) is 2. The van der Waals surface area contributed by atoms with Gasteiger partial charge in [-0.05, 0) is 18.1 Å². The zero-order chi connectivity index (χ0) is 17.6. The summed E-state index contributed by atoms with van der Waals surface area (Å²) >= 11 is 0. The molecule has 136 valence electrons. The molecule has 1 saturated heterocycles. The van der Waals surface area contributed by atoms with Crippen LogP contribution in [0.25, 0.3) is 10.9 Å². The summed E-state index contributed by atoms with van der Waals surface area (Å²) in [6, 6.07) is 8.34. The van der Waals surface area contributed by atoms with Crippen LogP contribution in [0.3, 0.4) is 0 Å². The molecule has 1 aromatic carbocycles. The van der Waals surface area contributed by atoms with E-state index >= 15 is 0 Å². The van der Waals surface area contributed by atoms with Crippen LogP contribution in [0, 0.1) is 0 Å². The van der Waals surface area contributed by atoms with Gasteiger partial charge in [0.2, 0.25) is 0 Å². The van der Waals surface area contributed by atoms with E-state index in [4.69, 9.17) is 9.47 Å². The topological polar surface area (TPSA) is 55.7 Å². The van der Waals surface area contributed by atoms with Crippen LogP contribution < -0.4 is 5.32 Å². The van der Waals surface area contributed by atoms with Gasteiger partial charge < -0.3 is 24.3 Å². The maximum Gasteiger partial charge on any atom is 0.253 e. The van der Waals surface area contributed by atoms with Gasteiger partial charge in [0.15, 0.2) is 0 Å². The number of nitrogens with one attached hydrogen (secondary N) is 1. The zero-order valence-corrected chi connectivity index (χ0v) is 15.0. The van der Waals surface area contributed by atoms with Crippen molar-refractivity contribution in [1.29, 1.82) is 0 Å². The van der Waals surface area contributed by atoms with E-state index in [-0.39, 0.29) is 12.0 Å². The molecule has 1 aromatic heterocycles. The van der Waals surface area contributed by atoms with Crippen molar-refractivity contribution < 1.29 is 14.3 Å². The Balaban J connectivity index is 1.74. The Morgan fingerprint density at radius 2 is 2.28 bits per heavy atom. The number of methoxy groups -OCH3 is 1. The van der Waals surface area contributed by atoms with Gasteiger partial charge >= 0.3 is 0 Å². The van der Waals surface area contributed by atoms with Crippen LogP contribution in [0.5, 0.6) is 0 Å². The molecule has 1 aliphatic heterocycles. The molecule has 0 radical (unpaired) electrons. The fourth-order valence-corrected chi connectivity index (χ4v) is 3.32. The Hall–Kier alpha value is -1.89. The normalized spacial score (nSPS) is 17.8. The second-order valence-corrected chi connectivity index (χ2v) is 6.47. The third-order valence-electron chi connectivity index (χ3n) is 4.61. The molecule has 1 aliphatic rings. The van der Waals surface area contributed by atoms with Gasteiger partial charge in [0.1, 0.15) is 6.10 Å². The highest BCUT2D eigenvalue weighted by atomic mass is 16.5. The Morgan fingerprint density at radius 3 is 3.04 bits per heavy atom. The van der Waals surface area contributed by atoms with Crippen LogP contribution in [0.4, 0.5) is 0 Å². The van der Waals surface area contributed by atoms with Crippen LogP contribution in [-0.4, -0.2) is 61.9 Å². The number of carbonyl (C=O) groups is 1. The van der Waals surface area contributed by atoms with Crippen molar-refractivity contribution in [2.45, 2.75) is 25.6 Å². The number of amides is 1. The number of benzene rings is 1. The van der Waals surface area contributed by atoms with Gasteiger partial charge in [0, 0.05) is 64.0 Å². The Kier molecular flexibility index (Phi) is 6.07. The predicted molar refractivity (Wildman–Crippen MR) is 97.5 cm³/mol. The molecular weight excluding hydrogens is 318 g/mol. The van der Waals surface area contributed by atoms with E-state index in [1.165, 1.54) is 10.9 Å². The number of likely N-dealkylation sites (N-methyl/N-ethyl adjacent to an activating group) is 1. The van der Waals surface area contributed by atoms with Crippen molar-refractivity contribution in [2.75, 3.05) is 40.5 Å². The average molecular weight is 345 g/mol. The van der Waals surface area contributed by atoms with Crippen molar-refractivity contribution in [1.82, 2.24) is 14.8 Å². The first-order chi connectivity index (χ1) is 12.2. The van der Waals surface area contributed by atoms with Crippen molar-refractivity contribution in [3.8, 4) is 0 Å². The minimum absolute atomic E-state index is 0.0309. The summed E-state index contributed by atoms with van der Waals surface area (Å²) in [5.41, 5.74) is 2.36. The van der Waals surface area contributed by atoms with Crippen molar-refractivity contribution in [3.63, 3.8) is 0 Å². The first-order valence-electron chi connectivity index (χ1n) is 8.83. The second-order valence-electron chi connectivity index (χ2n) is 6.47. The third kappa shape index (κ3) is 4.21. The second kappa shape index (κ2) is 8.47. The number of morpholine rings is 1. The summed E-state index contributed by atoms with van der Waals surface area (Å²) < 4.78 is 13.0. The maximum atomic E-state index is 12.6. The number of hydrogen-bond acceptors (Lipinski definition) is 4. The summed E-state index contributed by atoms with van der Waals surface area (Å²) in [7, 11) is 3.57. The summed E-state index contributed by atoms with van der Waals surface area (Å²) in [4.78, 5) is 14.4. The van der Waals surface area contributed by atoms with E-state index in [1.54, 1.807) is 12.0 Å². The predicted octanol–water partition coefficient (Wildman–Crippen LogP) is 1.62. The highest BCUT2D eigenvalue weighted by Gasteiger charge is 2.25. The molecular formula is C19H27N3O3. The maximum absolute atomic E-state index is 12.6. The van der Waals surface area contributed by atoms with Gasteiger partial charge in [-0.15, -0.1) is 0 Å². The number of aryl methyl sites for hydroxylation is 1. The molecule has 1 amide bonds. The highest BCUT2D eigenvalue weighted by molar-refractivity contribution is 5.85. The van der Waals surface area contributed by atoms with Gasteiger partial charge in [0.25, 0.3) is 5.91 Å². The van der Waals surface area contributed by atoms with Crippen LogP contribution in [0.1, 0.15) is 12.0 Å². The molecule has 0 aliphatic carbocycles. The molecule has 6 nitrogen and oxygen atoms in total. The van der Waals surface area contributed by atoms with Crippen molar-refractivity contribution in [2.24, 2.45) is 0 Å². The smallest absolute Gasteiger partial charge is 0.253 e. The number of rotatable bonds is 7. The largest absolute Gasteiger partial charge is 0.385 e. The molecule has 1 atom stereocenters. The molecule has 6 heteroatoms. The quantitative estimate of drug-likeness (QED) is 0.775. The van der Waals surface area contributed by atoms with E-state index < -0.39 is 0 Å². The monoisotopic (exact) mass is 345 g/mol. The molecule has 0 spiro atoms. The van der Waals surface area contributed by atoms with Crippen LogP contribution in [0.15, 0.2) is 30.5 Å². The lowest BCUT2D eigenvalue weighted by atomic mass is 10.1. The van der Waals surface area contributed by atoms with E-state index in [0.29, 0.717) is 19.7 Å². The van der Waals surface area contributed by atoms with Crippen molar-refractivity contribution in [3.05, 3.63) is 36.0 Å². The number of ether oxygens (including phenoxy) is 2. The molecule has 0 saturated carbocycles. The number of fused-ring (bicyclic) bond motifs is 1. The van der Waals surface area contributed by atoms with Crippen molar-refractivity contribution >= 4 is 16.8 Å². The van der Waals surface area contributed by atoms with E-state index in [9.17, 15) is 4.79 Å². The van der Waals surface area contributed by atoms with Crippen LogP contribution in [-0.2, 0) is 27.4 Å². The molecule has 2 aromatic rings. The summed E-state index contributed by atoms with van der Waals surface area (Å²) in [5.74, 6) is 0.0309. The molecule has 1 unspecified atom stereocenters. The lowest BCUT2D eigenvalue weighted by Gasteiger charge is -2.27. The van der Waals surface area contributed by atoms with Gasteiger partial charge in [-0.2, -0.15) is 0 Å². The minimum atomic E-state index is -0.381. The number of para-hydroxylation sites is 1. The fraction of sp³-hybridized carbons (Fsp3) is 0.526. The first kappa shape index (κ1) is 17.9. The van der Waals surface area contributed by atoms with Gasteiger partial charge in [-0.1, -0.05) is 18.2 Å². The molecule has 1 fully saturated rings. The molecule has 2 heterocycles. The summed E-state index contributed by atoms with van der Waals surface area (Å²) in [6.07, 6.45) is 2.74. The minimum Gasteiger partial charge on any atom is -0.385 e. The Labute approximate surface area is 148 Å². The number of carbonyl (C=O) groups excluding carboxylic acids is 1. The van der Waals surface area contributed by atoms with E-state index in [1.807, 2.05) is 13.1 Å². The molecule has 25 heavy (non-hydrogen) atoms. The molecule has 1 N–H and O–H groups in total. The Morgan fingerprint density at radius 1 is 1.44 bits per heavy atom. The highest BCUT2D eigenvalue weighted by Crippen LogP contribution is 2.23. The lowest BCUT2D eigenvalue weighted by molar-refractivity contribution is -0.144. The zero-order valence-electron chi connectivity index (χ0n) is 15.0. The van der Waals surface area contributed by atoms with Crippen LogP contribution >= 0.6 is 0 Å². The van der Waals surface area contributed by atoms with E-state index in [2.05, 4.69) is 34.3 Å². The van der Waals surface area contributed by atoms with Crippen LogP contribution in [0.2, 0.25) is 0 Å². The first-order valence-corrected chi connectivity index (χ1v) is 8.83. The summed E-state index contributed by atoms with van der Waals surface area (Å²) in [5, 5.41) is 4.40. The standard InChI is InChI=1S/C19H27N3O3/c1-21(19(23)18-12-20-8-11-25-18)13-15-14-22(9-5-10-24-2)17-7-4-3-6-16(15)17/h3-4,6-7,14,18,20H,5,8-13H2,1-2H3. The SMILES string of the molecule is COCCCn1cc(CN(C)C(=O)C2CNCCO2)c2ccccc21. The third-order valence-corrected chi connectivity index (χ3v) is 4.61. The molecule has 3 rings (SSSR count). The average Bonchev–Trinajstić information content (AvgIpc) is 3.00. The Bertz CT molecular complexity index is 707. The van der Waals surface area contributed by atoms with Gasteiger partial charge in [-0.25, -0.2) is 0 Å². The molecule has 0 bridgehead atoms. The number of hydrogen-bond donors (Lipinski definition) is 1. The fourth-order valence-electron chi connectivity index (χ4n) is 3.32. The summed E-state index contributed by atoms with van der Waals surface area (Å²) in [6.45, 7) is 4.21.